The number of fused-ring (bicyclic) bond motifs is 3. The van der Waals surface area contributed by atoms with E-state index in [9.17, 15) is 14.7 Å². The first-order valence-corrected chi connectivity index (χ1v) is 13.6. The summed E-state index contributed by atoms with van der Waals surface area (Å²) in [6, 6.07) is 19.4. The number of amides is 2. The Labute approximate surface area is 233 Å². The molecule has 210 valence electrons. The van der Waals surface area contributed by atoms with Gasteiger partial charge in [0.15, 0.2) is 11.5 Å². The third-order valence-electron chi connectivity index (χ3n) is 7.61. The van der Waals surface area contributed by atoms with Crippen molar-refractivity contribution in [2.24, 2.45) is 0 Å². The number of likely N-dealkylation sites (tertiary alicyclic amines) is 1. The van der Waals surface area contributed by atoms with Crippen LogP contribution in [0.4, 0.5) is 10.5 Å². The lowest BCUT2D eigenvalue weighted by atomic mass is 9.98. The van der Waals surface area contributed by atoms with Crippen LogP contribution < -0.4 is 20.5 Å². The van der Waals surface area contributed by atoms with Crippen LogP contribution in [0.1, 0.15) is 46.7 Å². The third kappa shape index (κ3) is 5.56. The zero-order valence-electron chi connectivity index (χ0n) is 22.6. The summed E-state index contributed by atoms with van der Waals surface area (Å²) in [5.74, 6) is 0.583. The molecule has 9 heteroatoms. The predicted molar refractivity (Wildman–Crippen MR) is 152 cm³/mol. The Morgan fingerprint density at radius 3 is 2.42 bits per heavy atom. The van der Waals surface area contributed by atoms with Gasteiger partial charge in [-0.2, -0.15) is 0 Å². The number of carbonyl (C=O) groups excluding carboxylic acids is 2. The molecule has 1 heterocycles. The molecule has 2 aliphatic rings. The van der Waals surface area contributed by atoms with Crippen LogP contribution in [0.25, 0.3) is 11.1 Å². The number of nitrogens with two attached hydrogens (primary N) is 1. The number of ether oxygens (including phenoxy) is 3. The quantitative estimate of drug-likeness (QED) is 0.258. The van der Waals surface area contributed by atoms with E-state index in [-0.39, 0.29) is 36.8 Å². The van der Waals surface area contributed by atoms with E-state index in [2.05, 4.69) is 29.6 Å². The van der Waals surface area contributed by atoms with Gasteiger partial charge in [-0.25, -0.2) is 4.79 Å². The summed E-state index contributed by atoms with van der Waals surface area (Å²) in [6.07, 6.45) is 1.67. The van der Waals surface area contributed by atoms with Gasteiger partial charge in [-0.15, -0.1) is 0 Å². The molecule has 1 aliphatic heterocycles. The monoisotopic (exact) mass is 545 g/mol. The number of hydrogen-bond acceptors (Lipinski definition) is 7. The largest absolute Gasteiger partial charge is 0.493 e. The van der Waals surface area contributed by atoms with E-state index in [0.29, 0.717) is 43.2 Å². The molecular weight excluding hydrogens is 510 g/mol. The Hall–Kier alpha value is -4.24. The molecule has 0 saturated carbocycles. The van der Waals surface area contributed by atoms with Gasteiger partial charge in [-0.05, 0) is 47.6 Å². The van der Waals surface area contributed by atoms with Gasteiger partial charge in [-0.1, -0.05) is 48.5 Å². The number of benzene rings is 3. The number of aliphatic hydroxyl groups excluding tert-OH is 1. The van der Waals surface area contributed by atoms with Crippen molar-refractivity contribution in [1.29, 1.82) is 0 Å². The van der Waals surface area contributed by atoms with Gasteiger partial charge in [0.25, 0.3) is 5.91 Å². The number of anilines is 1. The van der Waals surface area contributed by atoms with E-state index in [1.165, 1.54) is 29.4 Å². The minimum Gasteiger partial charge on any atom is -0.493 e. The summed E-state index contributed by atoms with van der Waals surface area (Å²) >= 11 is 0. The van der Waals surface area contributed by atoms with Gasteiger partial charge in [0, 0.05) is 30.8 Å². The molecule has 5 rings (SSSR count). The van der Waals surface area contributed by atoms with Crippen LogP contribution in [0.15, 0.2) is 60.7 Å². The lowest BCUT2D eigenvalue weighted by Gasteiger charge is -2.24. The van der Waals surface area contributed by atoms with E-state index in [0.717, 1.165) is 12.8 Å². The predicted octanol–water partition coefficient (Wildman–Crippen LogP) is 4.18. The standard InChI is InChI=1S/C31H35N3O6/c1-38-28-16-25(30(36)34-14-6-8-20(34)18-35)27(32)17-29(28)39-15-7-13-33-31(37)40-19-26-23-11-4-2-9-21(23)22-10-3-5-12-24(22)26/h2-5,9-12,16-17,20,26,35H,6-8,13-15,18-19,32H2,1H3,(H,33,37)/t20-/m0/s1. The zero-order chi connectivity index (χ0) is 28.1. The van der Waals surface area contributed by atoms with Crippen molar-refractivity contribution >= 4 is 17.7 Å². The number of nitrogen functional groups attached to an aromatic ring is 1. The van der Waals surface area contributed by atoms with E-state index < -0.39 is 6.09 Å². The first kappa shape index (κ1) is 27.3. The average Bonchev–Trinajstić information content (AvgIpc) is 3.58. The van der Waals surface area contributed by atoms with Crippen molar-refractivity contribution in [2.75, 3.05) is 45.8 Å². The Morgan fingerprint density at radius 1 is 1.05 bits per heavy atom. The molecule has 3 aromatic carbocycles. The van der Waals surface area contributed by atoms with Crippen molar-refractivity contribution in [1.82, 2.24) is 10.2 Å². The van der Waals surface area contributed by atoms with Crippen LogP contribution in [0.3, 0.4) is 0 Å². The second-order valence-corrected chi connectivity index (χ2v) is 10.0. The fourth-order valence-electron chi connectivity index (χ4n) is 5.57. The number of methoxy groups -OCH3 is 1. The summed E-state index contributed by atoms with van der Waals surface area (Å²) in [5.41, 5.74) is 11.5. The number of nitrogens with zero attached hydrogens (tertiary/aromatic N) is 1. The lowest BCUT2D eigenvalue weighted by Crippen LogP contribution is -2.38. The highest BCUT2D eigenvalue weighted by Crippen LogP contribution is 2.44. The molecule has 0 bridgehead atoms. The third-order valence-corrected chi connectivity index (χ3v) is 7.61. The number of aliphatic hydroxyl groups is 1. The smallest absolute Gasteiger partial charge is 0.407 e. The topological polar surface area (TPSA) is 123 Å². The lowest BCUT2D eigenvalue weighted by molar-refractivity contribution is 0.0678. The first-order chi connectivity index (χ1) is 19.5. The van der Waals surface area contributed by atoms with E-state index in [4.69, 9.17) is 19.9 Å². The van der Waals surface area contributed by atoms with Crippen LogP contribution >= 0.6 is 0 Å². The van der Waals surface area contributed by atoms with Gasteiger partial charge in [0.1, 0.15) is 6.61 Å². The molecule has 2 amide bonds. The fraction of sp³-hybridized carbons (Fsp3) is 0.355. The van der Waals surface area contributed by atoms with E-state index in [1.54, 1.807) is 17.0 Å². The van der Waals surface area contributed by atoms with Crippen LogP contribution in [0.5, 0.6) is 11.5 Å². The van der Waals surface area contributed by atoms with Crippen molar-refractivity contribution < 1.29 is 28.9 Å². The Bertz CT molecular complexity index is 1330. The SMILES string of the molecule is COc1cc(C(=O)N2CCC[C@H]2CO)c(N)cc1OCCCNC(=O)OCC1c2ccccc2-c2ccccc21. The molecule has 0 aromatic heterocycles. The van der Waals surface area contributed by atoms with Crippen LogP contribution in [-0.4, -0.2) is 68.1 Å². The number of hydrogen-bond donors (Lipinski definition) is 3. The number of nitrogens with one attached hydrogen (secondary N) is 1. The Morgan fingerprint density at radius 2 is 1.75 bits per heavy atom. The van der Waals surface area contributed by atoms with Gasteiger partial charge >= 0.3 is 6.09 Å². The Balaban J connectivity index is 1.10. The number of alkyl carbamates (subject to hydrolysis) is 1. The van der Waals surface area contributed by atoms with Gasteiger partial charge < -0.3 is 35.3 Å². The molecule has 0 unspecified atom stereocenters. The van der Waals surface area contributed by atoms with Gasteiger partial charge in [-0.3, -0.25) is 4.79 Å². The minimum absolute atomic E-state index is 0.00857. The highest BCUT2D eigenvalue weighted by atomic mass is 16.5. The second-order valence-electron chi connectivity index (χ2n) is 10.0. The summed E-state index contributed by atoms with van der Waals surface area (Å²) in [5, 5.41) is 12.3. The summed E-state index contributed by atoms with van der Waals surface area (Å²) < 4.78 is 16.9. The first-order valence-electron chi connectivity index (χ1n) is 13.6. The maximum atomic E-state index is 13.0. The van der Waals surface area contributed by atoms with Crippen LogP contribution in [0, 0.1) is 0 Å². The average molecular weight is 546 g/mol. The molecule has 1 fully saturated rings. The molecule has 1 saturated heterocycles. The van der Waals surface area contributed by atoms with E-state index >= 15 is 0 Å². The summed E-state index contributed by atoms with van der Waals surface area (Å²) in [6.45, 7) is 1.43. The van der Waals surface area contributed by atoms with Crippen molar-refractivity contribution in [3.05, 3.63) is 77.4 Å². The van der Waals surface area contributed by atoms with E-state index in [1.807, 2.05) is 24.3 Å². The normalized spacial score (nSPS) is 15.8. The van der Waals surface area contributed by atoms with Crippen LogP contribution in [-0.2, 0) is 4.74 Å². The maximum Gasteiger partial charge on any atom is 0.407 e. The van der Waals surface area contributed by atoms with Crippen LogP contribution in [0.2, 0.25) is 0 Å². The van der Waals surface area contributed by atoms with Gasteiger partial charge in [0.2, 0.25) is 0 Å². The fourth-order valence-corrected chi connectivity index (χ4v) is 5.57. The molecule has 0 radical (unpaired) electrons. The van der Waals surface area contributed by atoms with Gasteiger partial charge in [0.05, 0.1) is 31.9 Å². The molecule has 1 aliphatic carbocycles. The Kier molecular flexibility index (Phi) is 8.40. The van der Waals surface area contributed by atoms with Crippen molar-refractivity contribution in [3.63, 3.8) is 0 Å². The van der Waals surface area contributed by atoms with Crippen molar-refractivity contribution in [2.45, 2.75) is 31.2 Å². The molecule has 3 aromatic rings. The highest BCUT2D eigenvalue weighted by Gasteiger charge is 2.31. The van der Waals surface area contributed by atoms with Crippen molar-refractivity contribution in [3.8, 4) is 22.6 Å². The number of rotatable bonds is 10. The summed E-state index contributed by atoms with van der Waals surface area (Å²) in [4.78, 5) is 27.1. The highest BCUT2D eigenvalue weighted by molar-refractivity contribution is 6.00. The summed E-state index contributed by atoms with van der Waals surface area (Å²) in [7, 11) is 1.50. The second kappa shape index (κ2) is 12.3. The molecule has 9 nitrogen and oxygen atoms in total. The molecular formula is C31H35N3O6. The minimum atomic E-state index is -0.477. The zero-order valence-corrected chi connectivity index (χ0v) is 22.6. The molecule has 1 atom stereocenters. The molecule has 40 heavy (non-hydrogen) atoms. The number of carbonyl (C=O) groups is 2. The maximum absolute atomic E-state index is 13.0. The molecule has 0 spiro atoms. The molecule has 4 N–H and O–H groups in total.